The molecule has 1 N–H and O–H groups in total. The molecule has 0 saturated carbocycles. The number of nitrogens with zero attached hydrogens (tertiary/aromatic N) is 2. The SMILES string of the molecule is COCC(CNC(C)C)n1ccnc1. The van der Waals surface area contributed by atoms with Crippen molar-refractivity contribution in [3.8, 4) is 0 Å². The molecule has 1 aromatic heterocycles. The van der Waals surface area contributed by atoms with Crippen LogP contribution < -0.4 is 5.32 Å². The summed E-state index contributed by atoms with van der Waals surface area (Å²) in [5, 5.41) is 3.39. The summed E-state index contributed by atoms with van der Waals surface area (Å²) in [5.41, 5.74) is 0. The van der Waals surface area contributed by atoms with Crippen molar-refractivity contribution in [3.63, 3.8) is 0 Å². The van der Waals surface area contributed by atoms with Crippen LogP contribution in [0.5, 0.6) is 0 Å². The summed E-state index contributed by atoms with van der Waals surface area (Å²) in [5.74, 6) is 0. The van der Waals surface area contributed by atoms with Crippen LogP contribution in [0.1, 0.15) is 19.9 Å². The summed E-state index contributed by atoms with van der Waals surface area (Å²) in [6.07, 6.45) is 5.58. The van der Waals surface area contributed by atoms with Gasteiger partial charge in [0, 0.05) is 32.1 Å². The van der Waals surface area contributed by atoms with Gasteiger partial charge in [-0.15, -0.1) is 0 Å². The third-order valence-corrected chi connectivity index (χ3v) is 2.07. The van der Waals surface area contributed by atoms with Crippen molar-refractivity contribution in [2.75, 3.05) is 20.3 Å². The van der Waals surface area contributed by atoms with E-state index >= 15 is 0 Å². The molecule has 4 nitrogen and oxygen atoms in total. The second-order valence-corrected chi connectivity index (χ2v) is 3.68. The van der Waals surface area contributed by atoms with Crippen LogP contribution >= 0.6 is 0 Å². The van der Waals surface area contributed by atoms with Crippen LogP contribution in [0.15, 0.2) is 18.7 Å². The Morgan fingerprint density at radius 1 is 1.50 bits per heavy atom. The van der Waals surface area contributed by atoms with E-state index in [0.29, 0.717) is 18.7 Å². The van der Waals surface area contributed by atoms with Gasteiger partial charge in [-0.05, 0) is 0 Å². The lowest BCUT2D eigenvalue weighted by Crippen LogP contribution is -2.32. The molecular weight excluding hydrogens is 178 g/mol. The molecule has 1 aromatic rings. The van der Waals surface area contributed by atoms with Crippen LogP contribution in [0.3, 0.4) is 0 Å². The minimum atomic E-state index is 0.324. The third kappa shape index (κ3) is 3.47. The van der Waals surface area contributed by atoms with Crippen LogP contribution in [0.4, 0.5) is 0 Å². The lowest BCUT2D eigenvalue weighted by atomic mass is 10.3. The van der Waals surface area contributed by atoms with Crippen molar-refractivity contribution >= 4 is 0 Å². The number of nitrogens with one attached hydrogen (secondary N) is 1. The van der Waals surface area contributed by atoms with Gasteiger partial charge in [-0.25, -0.2) is 4.98 Å². The third-order valence-electron chi connectivity index (χ3n) is 2.07. The number of hydrogen-bond acceptors (Lipinski definition) is 3. The van der Waals surface area contributed by atoms with Crippen molar-refractivity contribution in [3.05, 3.63) is 18.7 Å². The molecule has 1 rings (SSSR count). The average Bonchev–Trinajstić information content (AvgIpc) is 2.64. The van der Waals surface area contributed by atoms with Crippen molar-refractivity contribution in [2.45, 2.75) is 25.9 Å². The lowest BCUT2D eigenvalue weighted by molar-refractivity contribution is 0.152. The average molecular weight is 197 g/mol. The van der Waals surface area contributed by atoms with Gasteiger partial charge in [-0.1, -0.05) is 13.8 Å². The Balaban J connectivity index is 2.47. The van der Waals surface area contributed by atoms with E-state index in [1.165, 1.54) is 0 Å². The molecule has 0 fully saturated rings. The fourth-order valence-electron chi connectivity index (χ4n) is 1.30. The van der Waals surface area contributed by atoms with E-state index in [0.717, 1.165) is 6.54 Å². The Labute approximate surface area is 85.3 Å². The van der Waals surface area contributed by atoms with Crippen LogP contribution in [0.2, 0.25) is 0 Å². The van der Waals surface area contributed by atoms with Gasteiger partial charge in [0.15, 0.2) is 0 Å². The molecule has 0 amide bonds. The summed E-state index contributed by atoms with van der Waals surface area (Å²) >= 11 is 0. The zero-order chi connectivity index (χ0) is 10.4. The van der Waals surface area contributed by atoms with Gasteiger partial charge in [0.1, 0.15) is 0 Å². The van der Waals surface area contributed by atoms with Gasteiger partial charge in [0.05, 0.1) is 19.0 Å². The molecule has 4 heteroatoms. The maximum atomic E-state index is 5.17. The quantitative estimate of drug-likeness (QED) is 0.741. The highest BCUT2D eigenvalue weighted by Crippen LogP contribution is 2.04. The highest BCUT2D eigenvalue weighted by molar-refractivity contribution is 4.81. The number of rotatable bonds is 6. The van der Waals surface area contributed by atoms with E-state index in [1.54, 1.807) is 13.3 Å². The van der Waals surface area contributed by atoms with Gasteiger partial charge in [-0.3, -0.25) is 0 Å². The number of ether oxygens (including phenoxy) is 1. The van der Waals surface area contributed by atoms with E-state index in [9.17, 15) is 0 Å². The molecule has 1 heterocycles. The molecule has 0 saturated heterocycles. The number of hydrogen-bond donors (Lipinski definition) is 1. The summed E-state index contributed by atoms with van der Waals surface area (Å²) in [4.78, 5) is 4.03. The van der Waals surface area contributed by atoms with E-state index in [-0.39, 0.29) is 0 Å². The van der Waals surface area contributed by atoms with Gasteiger partial charge in [0.2, 0.25) is 0 Å². The van der Waals surface area contributed by atoms with Crippen molar-refractivity contribution in [1.82, 2.24) is 14.9 Å². The van der Waals surface area contributed by atoms with Crippen LogP contribution in [0, 0.1) is 0 Å². The molecule has 0 aliphatic rings. The van der Waals surface area contributed by atoms with Crippen molar-refractivity contribution in [2.24, 2.45) is 0 Å². The Morgan fingerprint density at radius 2 is 2.29 bits per heavy atom. The topological polar surface area (TPSA) is 39.1 Å². The minimum Gasteiger partial charge on any atom is -0.382 e. The summed E-state index contributed by atoms with van der Waals surface area (Å²) in [6, 6.07) is 0.822. The Hall–Kier alpha value is -0.870. The van der Waals surface area contributed by atoms with Crippen molar-refractivity contribution in [1.29, 1.82) is 0 Å². The van der Waals surface area contributed by atoms with Gasteiger partial charge < -0.3 is 14.6 Å². The molecule has 0 aliphatic heterocycles. The first-order valence-corrected chi connectivity index (χ1v) is 4.93. The molecular formula is C10H19N3O. The predicted molar refractivity (Wildman–Crippen MR) is 56.3 cm³/mol. The molecule has 0 radical (unpaired) electrons. The molecule has 0 bridgehead atoms. The highest BCUT2D eigenvalue weighted by Gasteiger charge is 2.09. The normalized spacial score (nSPS) is 13.4. The summed E-state index contributed by atoms with van der Waals surface area (Å²) in [7, 11) is 1.72. The number of imidazole rings is 1. The Bertz CT molecular complexity index is 234. The molecule has 1 atom stereocenters. The Morgan fingerprint density at radius 3 is 2.79 bits per heavy atom. The second kappa shape index (κ2) is 5.78. The molecule has 0 aliphatic carbocycles. The van der Waals surface area contributed by atoms with Crippen LogP contribution in [-0.4, -0.2) is 35.9 Å². The van der Waals surface area contributed by atoms with E-state index < -0.39 is 0 Å². The fourth-order valence-corrected chi connectivity index (χ4v) is 1.30. The zero-order valence-corrected chi connectivity index (χ0v) is 9.10. The summed E-state index contributed by atoms with van der Waals surface area (Å²) < 4.78 is 7.24. The maximum Gasteiger partial charge on any atom is 0.0949 e. The van der Waals surface area contributed by atoms with E-state index in [2.05, 4.69) is 28.7 Å². The molecule has 0 spiro atoms. The fraction of sp³-hybridized carbons (Fsp3) is 0.700. The van der Waals surface area contributed by atoms with Gasteiger partial charge in [-0.2, -0.15) is 0 Å². The lowest BCUT2D eigenvalue weighted by Gasteiger charge is -2.19. The smallest absolute Gasteiger partial charge is 0.0949 e. The van der Waals surface area contributed by atoms with Crippen LogP contribution in [0.25, 0.3) is 0 Å². The molecule has 14 heavy (non-hydrogen) atoms. The van der Waals surface area contributed by atoms with Crippen molar-refractivity contribution < 1.29 is 4.74 Å². The second-order valence-electron chi connectivity index (χ2n) is 3.68. The van der Waals surface area contributed by atoms with E-state index in [1.807, 2.05) is 12.5 Å². The first kappa shape index (κ1) is 11.2. The molecule has 80 valence electrons. The van der Waals surface area contributed by atoms with E-state index in [4.69, 9.17) is 4.74 Å². The maximum absolute atomic E-state index is 5.17. The zero-order valence-electron chi connectivity index (χ0n) is 9.10. The molecule has 0 aromatic carbocycles. The largest absolute Gasteiger partial charge is 0.382 e. The highest BCUT2D eigenvalue weighted by atomic mass is 16.5. The number of aromatic nitrogens is 2. The number of methoxy groups -OCH3 is 1. The molecule has 1 unspecified atom stereocenters. The first-order valence-electron chi connectivity index (χ1n) is 4.93. The predicted octanol–water partition coefficient (Wildman–Crippen LogP) is 1.07. The summed E-state index contributed by atoms with van der Waals surface area (Å²) in [6.45, 7) is 5.88. The van der Waals surface area contributed by atoms with Gasteiger partial charge >= 0.3 is 0 Å². The van der Waals surface area contributed by atoms with Crippen LogP contribution in [-0.2, 0) is 4.74 Å². The Kier molecular flexibility index (Phi) is 4.62. The first-order chi connectivity index (χ1) is 6.74. The minimum absolute atomic E-state index is 0.324. The van der Waals surface area contributed by atoms with Gasteiger partial charge in [0.25, 0.3) is 0 Å². The standard InChI is InChI=1S/C10H19N3O/c1-9(2)12-6-10(7-14-3)13-5-4-11-8-13/h4-5,8-10,12H,6-7H2,1-3H3. The monoisotopic (exact) mass is 197 g/mol.